The van der Waals surface area contributed by atoms with E-state index < -0.39 is 5.41 Å². The normalized spacial score (nSPS) is 19.3. The first-order valence-corrected chi connectivity index (χ1v) is 6.92. The van der Waals surface area contributed by atoms with Crippen LogP contribution in [-0.2, 0) is 11.2 Å². The molecular formula is C16H22N2O. The minimum absolute atomic E-state index is 0.0183. The van der Waals surface area contributed by atoms with Crippen LogP contribution in [0.4, 0.5) is 0 Å². The van der Waals surface area contributed by atoms with E-state index in [1.165, 1.54) is 24.0 Å². The van der Waals surface area contributed by atoms with Gasteiger partial charge in [-0.25, -0.2) is 0 Å². The van der Waals surface area contributed by atoms with E-state index in [2.05, 4.69) is 42.1 Å². The Kier molecular flexibility index (Phi) is 3.93. The van der Waals surface area contributed by atoms with Crippen LogP contribution in [0.1, 0.15) is 44.7 Å². The molecule has 1 aliphatic heterocycles. The van der Waals surface area contributed by atoms with E-state index in [0.29, 0.717) is 0 Å². The lowest BCUT2D eigenvalue weighted by molar-refractivity contribution is -0.125. The third kappa shape index (κ3) is 2.80. The van der Waals surface area contributed by atoms with E-state index in [9.17, 15) is 4.79 Å². The van der Waals surface area contributed by atoms with E-state index in [1.807, 2.05) is 19.9 Å². The first kappa shape index (κ1) is 13.7. The van der Waals surface area contributed by atoms with Crippen molar-refractivity contribution in [3.05, 3.63) is 41.1 Å². The van der Waals surface area contributed by atoms with E-state index >= 15 is 0 Å². The van der Waals surface area contributed by atoms with Crippen LogP contribution in [-0.4, -0.2) is 5.91 Å². The summed E-state index contributed by atoms with van der Waals surface area (Å²) in [6.07, 6.45) is 5.55. The number of nitrogens with one attached hydrogen (secondary N) is 2. The summed E-state index contributed by atoms with van der Waals surface area (Å²) < 4.78 is 0. The lowest BCUT2D eigenvalue weighted by Crippen LogP contribution is -2.28. The summed E-state index contributed by atoms with van der Waals surface area (Å²) in [5, 5.41) is 0. The minimum atomic E-state index is -0.488. The molecule has 0 spiro atoms. The van der Waals surface area contributed by atoms with Crippen LogP contribution >= 0.6 is 0 Å². The molecule has 0 atom stereocenters. The topological polar surface area (TPSA) is 41.1 Å². The Morgan fingerprint density at radius 2 is 1.95 bits per heavy atom. The number of rotatable bonds is 4. The maximum atomic E-state index is 11.7. The Bertz CT molecular complexity index is 503. The Labute approximate surface area is 115 Å². The molecule has 0 unspecified atom stereocenters. The third-order valence-corrected chi connectivity index (χ3v) is 3.71. The number of hydrogen-bond acceptors (Lipinski definition) is 2. The van der Waals surface area contributed by atoms with Gasteiger partial charge in [-0.1, -0.05) is 37.6 Å². The maximum absolute atomic E-state index is 11.7. The summed E-state index contributed by atoms with van der Waals surface area (Å²) >= 11 is 0. The number of carbonyl (C=O) groups is 1. The lowest BCUT2D eigenvalue weighted by Gasteiger charge is -2.15. The van der Waals surface area contributed by atoms with Gasteiger partial charge < -0.3 is 5.43 Å². The first-order valence-electron chi connectivity index (χ1n) is 6.92. The molecule has 0 bridgehead atoms. The number of hydrazine groups is 1. The summed E-state index contributed by atoms with van der Waals surface area (Å²) in [4.78, 5) is 11.7. The van der Waals surface area contributed by atoms with Crippen molar-refractivity contribution in [1.29, 1.82) is 0 Å². The van der Waals surface area contributed by atoms with E-state index in [1.54, 1.807) is 0 Å². The molecule has 3 heteroatoms. The van der Waals surface area contributed by atoms with Crippen molar-refractivity contribution in [3.63, 3.8) is 0 Å². The van der Waals surface area contributed by atoms with Crippen molar-refractivity contribution >= 4 is 12.0 Å². The van der Waals surface area contributed by atoms with Crippen LogP contribution < -0.4 is 10.9 Å². The highest BCUT2D eigenvalue weighted by Gasteiger charge is 2.37. The fourth-order valence-electron chi connectivity index (χ4n) is 2.20. The molecule has 19 heavy (non-hydrogen) atoms. The molecule has 1 fully saturated rings. The summed E-state index contributed by atoms with van der Waals surface area (Å²) in [5.41, 5.74) is 8.66. The Balaban J connectivity index is 2.30. The van der Waals surface area contributed by atoms with Crippen molar-refractivity contribution < 1.29 is 4.79 Å². The van der Waals surface area contributed by atoms with Gasteiger partial charge in [0, 0.05) is 5.70 Å². The summed E-state index contributed by atoms with van der Waals surface area (Å²) in [6.45, 7) is 6.07. The molecule has 3 nitrogen and oxygen atoms in total. The quantitative estimate of drug-likeness (QED) is 0.871. The second kappa shape index (κ2) is 5.47. The van der Waals surface area contributed by atoms with Crippen molar-refractivity contribution in [2.75, 3.05) is 0 Å². The van der Waals surface area contributed by atoms with Crippen LogP contribution in [0.2, 0.25) is 0 Å². The summed E-state index contributed by atoms with van der Waals surface area (Å²) in [6, 6.07) is 8.39. The van der Waals surface area contributed by atoms with Gasteiger partial charge in [0.1, 0.15) is 0 Å². The zero-order valence-corrected chi connectivity index (χ0v) is 11.9. The fourth-order valence-corrected chi connectivity index (χ4v) is 2.20. The molecule has 102 valence electrons. The number of hydrogen-bond donors (Lipinski definition) is 2. The zero-order valence-electron chi connectivity index (χ0n) is 11.9. The number of amides is 1. The van der Waals surface area contributed by atoms with Crippen LogP contribution in [0.3, 0.4) is 0 Å². The van der Waals surface area contributed by atoms with Crippen molar-refractivity contribution in [3.8, 4) is 0 Å². The van der Waals surface area contributed by atoms with Gasteiger partial charge in [-0.15, -0.1) is 0 Å². The second-order valence-corrected chi connectivity index (χ2v) is 5.56. The molecule has 0 radical (unpaired) electrons. The Hall–Kier alpha value is -1.77. The molecule has 1 heterocycles. The van der Waals surface area contributed by atoms with Crippen LogP contribution in [0.5, 0.6) is 0 Å². The minimum Gasteiger partial charge on any atom is -0.302 e. The average Bonchev–Trinajstić information content (AvgIpc) is 2.64. The molecule has 2 rings (SSSR count). The SMILES string of the molecule is CCCCc1ccccc1/C=C1\NNC(=O)C1(C)C. The Morgan fingerprint density at radius 1 is 1.21 bits per heavy atom. The van der Waals surface area contributed by atoms with Crippen LogP contribution in [0.25, 0.3) is 6.08 Å². The number of aryl methyl sites for hydroxylation is 1. The van der Waals surface area contributed by atoms with Gasteiger partial charge in [0.2, 0.25) is 5.91 Å². The van der Waals surface area contributed by atoms with Gasteiger partial charge >= 0.3 is 0 Å². The number of benzene rings is 1. The average molecular weight is 258 g/mol. The lowest BCUT2D eigenvalue weighted by atomic mass is 9.88. The highest BCUT2D eigenvalue weighted by molar-refractivity contribution is 5.89. The Morgan fingerprint density at radius 3 is 2.58 bits per heavy atom. The van der Waals surface area contributed by atoms with Crippen molar-refractivity contribution in [2.24, 2.45) is 5.41 Å². The molecular weight excluding hydrogens is 236 g/mol. The summed E-state index contributed by atoms with van der Waals surface area (Å²) in [5.74, 6) is 0.0183. The van der Waals surface area contributed by atoms with Gasteiger partial charge in [0.15, 0.2) is 0 Å². The molecule has 1 aromatic carbocycles. The van der Waals surface area contributed by atoms with Gasteiger partial charge in [-0.2, -0.15) is 0 Å². The van der Waals surface area contributed by atoms with Crippen LogP contribution in [0.15, 0.2) is 30.0 Å². The third-order valence-electron chi connectivity index (χ3n) is 3.71. The predicted octanol–water partition coefficient (Wildman–Crippen LogP) is 3.03. The zero-order chi connectivity index (χ0) is 13.9. The molecule has 1 aromatic rings. The van der Waals surface area contributed by atoms with Gasteiger partial charge in [0.25, 0.3) is 0 Å². The highest BCUT2D eigenvalue weighted by Crippen LogP contribution is 2.30. The van der Waals surface area contributed by atoms with Crippen LogP contribution in [0, 0.1) is 5.41 Å². The molecule has 1 aliphatic rings. The number of unbranched alkanes of at least 4 members (excludes halogenated alkanes) is 1. The van der Waals surface area contributed by atoms with Gasteiger partial charge in [-0.3, -0.25) is 10.2 Å². The number of carbonyl (C=O) groups excluding carboxylic acids is 1. The van der Waals surface area contributed by atoms with E-state index in [4.69, 9.17) is 0 Å². The largest absolute Gasteiger partial charge is 0.302 e. The predicted molar refractivity (Wildman–Crippen MR) is 78.1 cm³/mol. The monoisotopic (exact) mass is 258 g/mol. The van der Waals surface area contributed by atoms with Gasteiger partial charge in [0.05, 0.1) is 5.41 Å². The first-order chi connectivity index (χ1) is 9.05. The highest BCUT2D eigenvalue weighted by atomic mass is 16.2. The molecule has 0 saturated carbocycles. The van der Waals surface area contributed by atoms with Gasteiger partial charge in [-0.05, 0) is 43.9 Å². The molecule has 0 aromatic heterocycles. The van der Waals surface area contributed by atoms with Crippen molar-refractivity contribution in [2.45, 2.75) is 40.0 Å². The van der Waals surface area contributed by atoms with Crippen molar-refractivity contribution in [1.82, 2.24) is 10.9 Å². The van der Waals surface area contributed by atoms with E-state index in [-0.39, 0.29) is 5.91 Å². The fraction of sp³-hybridized carbons (Fsp3) is 0.438. The standard InChI is InChI=1S/C16H22N2O/c1-4-5-8-12-9-6-7-10-13(12)11-14-16(2,3)15(19)18-17-14/h6-7,9-11,17H,4-5,8H2,1-3H3,(H,18,19)/b14-11-. The van der Waals surface area contributed by atoms with E-state index in [0.717, 1.165) is 12.1 Å². The molecule has 1 saturated heterocycles. The second-order valence-electron chi connectivity index (χ2n) is 5.56. The summed E-state index contributed by atoms with van der Waals surface area (Å²) in [7, 11) is 0. The molecule has 2 N–H and O–H groups in total. The molecule has 0 aliphatic carbocycles. The smallest absolute Gasteiger partial charge is 0.249 e. The molecule has 1 amide bonds. The maximum Gasteiger partial charge on any atom is 0.249 e.